The monoisotopic (exact) mass is 430 g/mol. The molecule has 4 nitrogen and oxygen atoms in total. The largest absolute Gasteiger partial charge is 0.477 e. The summed E-state index contributed by atoms with van der Waals surface area (Å²) < 4.78 is 23.4. The highest BCUT2D eigenvalue weighted by Crippen LogP contribution is 2.70. The molecule has 3 atom stereocenters. The Morgan fingerprint density at radius 3 is 1.77 bits per heavy atom. The molecule has 2 heterocycles. The molecular formula is C26H27N2O2P. The van der Waals surface area contributed by atoms with Crippen molar-refractivity contribution in [1.82, 2.24) is 4.67 Å². The van der Waals surface area contributed by atoms with Crippen LogP contribution in [0.4, 0.5) is 0 Å². The van der Waals surface area contributed by atoms with E-state index in [0.29, 0.717) is 12.5 Å². The van der Waals surface area contributed by atoms with Gasteiger partial charge in [-0.1, -0.05) is 66.7 Å². The summed E-state index contributed by atoms with van der Waals surface area (Å²) in [6.07, 6.45) is 0. The Labute approximate surface area is 184 Å². The van der Waals surface area contributed by atoms with E-state index >= 15 is 4.57 Å². The molecule has 3 aromatic rings. The third-order valence-electron chi connectivity index (χ3n) is 6.22. The zero-order chi connectivity index (χ0) is 21.7. The first-order valence-corrected chi connectivity index (χ1v) is 12.3. The van der Waals surface area contributed by atoms with Gasteiger partial charge < -0.3 is 4.74 Å². The van der Waals surface area contributed by atoms with Crippen LogP contribution < -0.4 is 10.6 Å². The zero-order valence-electron chi connectivity index (χ0n) is 18.1. The molecule has 5 heteroatoms. The maximum absolute atomic E-state index is 15.1. The number of benzene rings is 3. The van der Waals surface area contributed by atoms with E-state index in [1.165, 1.54) is 0 Å². The predicted octanol–water partition coefficient (Wildman–Crippen LogP) is 4.94. The molecule has 0 bridgehead atoms. The molecule has 1 unspecified atom stereocenters. The molecule has 2 aliphatic heterocycles. The van der Waals surface area contributed by atoms with Crippen molar-refractivity contribution in [3.8, 4) is 0 Å². The van der Waals surface area contributed by atoms with Crippen LogP contribution in [0.2, 0.25) is 0 Å². The van der Waals surface area contributed by atoms with Crippen LogP contribution in [-0.4, -0.2) is 28.3 Å². The lowest BCUT2D eigenvalue weighted by Gasteiger charge is -2.24. The lowest BCUT2D eigenvalue weighted by atomic mass is 10.0. The van der Waals surface area contributed by atoms with Gasteiger partial charge in [-0.3, -0.25) is 4.57 Å². The van der Waals surface area contributed by atoms with Crippen LogP contribution >= 0.6 is 7.29 Å². The molecule has 0 spiro atoms. The van der Waals surface area contributed by atoms with Crippen LogP contribution in [0.1, 0.15) is 32.4 Å². The topological polar surface area (TPSA) is 41.7 Å². The third-order valence-corrected chi connectivity index (χ3v) is 9.47. The van der Waals surface area contributed by atoms with Gasteiger partial charge in [-0.05, 0) is 50.6 Å². The van der Waals surface area contributed by atoms with Gasteiger partial charge in [-0.25, -0.2) is 9.66 Å². The fourth-order valence-electron chi connectivity index (χ4n) is 4.65. The minimum absolute atomic E-state index is 0.0902. The van der Waals surface area contributed by atoms with Crippen molar-refractivity contribution in [2.24, 2.45) is 4.99 Å². The SMILES string of the molecule is CC1(C)COC([C@]2(C)[C@H](c3ccccc3)N2P(=O)(c2ccccc2)c2ccccc2)=N1. The summed E-state index contributed by atoms with van der Waals surface area (Å²) in [7, 11) is -3.15. The lowest BCUT2D eigenvalue weighted by Crippen LogP contribution is -2.30. The zero-order valence-corrected chi connectivity index (χ0v) is 19.0. The second kappa shape index (κ2) is 7.19. The van der Waals surface area contributed by atoms with E-state index in [0.717, 1.165) is 16.2 Å². The lowest BCUT2D eigenvalue weighted by molar-refractivity contribution is 0.267. The van der Waals surface area contributed by atoms with Crippen molar-refractivity contribution in [1.29, 1.82) is 0 Å². The van der Waals surface area contributed by atoms with Crippen molar-refractivity contribution in [3.63, 3.8) is 0 Å². The molecule has 0 N–H and O–H groups in total. The van der Waals surface area contributed by atoms with E-state index in [9.17, 15) is 0 Å². The molecule has 5 rings (SSSR count). The minimum Gasteiger partial charge on any atom is -0.477 e. The summed E-state index contributed by atoms with van der Waals surface area (Å²) in [6.45, 7) is 6.79. The molecule has 0 aliphatic carbocycles. The van der Waals surface area contributed by atoms with Crippen molar-refractivity contribution in [2.45, 2.75) is 37.9 Å². The summed E-state index contributed by atoms with van der Waals surface area (Å²) >= 11 is 0. The van der Waals surface area contributed by atoms with E-state index < -0.39 is 12.8 Å². The van der Waals surface area contributed by atoms with Gasteiger partial charge >= 0.3 is 0 Å². The first-order valence-electron chi connectivity index (χ1n) is 10.7. The number of ether oxygens (including phenoxy) is 1. The Hall–Kier alpha value is -2.68. The van der Waals surface area contributed by atoms with Gasteiger partial charge in [-0.15, -0.1) is 0 Å². The van der Waals surface area contributed by atoms with Gasteiger partial charge in [0.1, 0.15) is 12.1 Å². The highest BCUT2D eigenvalue weighted by Gasteiger charge is 2.72. The van der Waals surface area contributed by atoms with Gasteiger partial charge in [0.25, 0.3) is 0 Å². The minimum atomic E-state index is -3.15. The van der Waals surface area contributed by atoms with E-state index in [2.05, 4.69) is 37.6 Å². The van der Waals surface area contributed by atoms with E-state index in [4.69, 9.17) is 9.73 Å². The average molecular weight is 430 g/mol. The Kier molecular flexibility index (Phi) is 4.69. The molecular weight excluding hydrogens is 403 g/mol. The van der Waals surface area contributed by atoms with Crippen LogP contribution in [0.5, 0.6) is 0 Å². The Balaban J connectivity index is 1.72. The number of aliphatic imine (C=N–C) groups is 1. The van der Waals surface area contributed by atoms with Crippen molar-refractivity contribution in [3.05, 3.63) is 96.6 Å². The molecule has 3 aromatic carbocycles. The van der Waals surface area contributed by atoms with Crippen LogP contribution in [-0.2, 0) is 9.30 Å². The number of nitrogens with zero attached hydrogens (tertiary/aromatic N) is 2. The van der Waals surface area contributed by atoms with Crippen LogP contribution in [0.25, 0.3) is 0 Å². The summed E-state index contributed by atoms with van der Waals surface area (Å²) in [5, 5.41) is 1.65. The Morgan fingerprint density at radius 1 is 0.839 bits per heavy atom. The van der Waals surface area contributed by atoms with Crippen molar-refractivity contribution in [2.75, 3.05) is 6.61 Å². The predicted molar refractivity (Wildman–Crippen MR) is 127 cm³/mol. The van der Waals surface area contributed by atoms with Crippen molar-refractivity contribution >= 4 is 23.8 Å². The molecule has 2 aliphatic rings. The fourth-order valence-corrected chi connectivity index (χ4v) is 8.01. The highest BCUT2D eigenvalue weighted by atomic mass is 31.2. The van der Waals surface area contributed by atoms with Gasteiger partial charge in [0.05, 0.1) is 11.6 Å². The molecule has 0 amide bonds. The molecule has 1 fully saturated rings. The second-order valence-electron chi connectivity index (χ2n) is 9.07. The van der Waals surface area contributed by atoms with Gasteiger partial charge in [0, 0.05) is 10.6 Å². The Morgan fingerprint density at radius 2 is 1.32 bits per heavy atom. The smallest absolute Gasteiger partial charge is 0.208 e. The maximum Gasteiger partial charge on any atom is 0.208 e. The summed E-state index contributed by atoms with van der Waals surface area (Å²) in [5.74, 6) is 0.679. The molecule has 158 valence electrons. The van der Waals surface area contributed by atoms with Gasteiger partial charge in [0.15, 0.2) is 0 Å². The average Bonchev–Trinajstić information content (AvgIpc) is 3.28. The maximum atomic E-state index is 15.1. The normalized spacial score (nSPS) is 26.7. The van der Waals surface area contributed by atoms with Crippen molar-refractivity contribution < 1.29 is 9.30 Å². The molecule has 0 saturated carbocycles. The van der Waals surface area contributed by atoms with E-state index in [1.54, 1.807) is 0 Å². The fraction of sp³-hybridized carbons (Fsp3) is 0.269. The number of rotatable bonds is 5. The Bertz CT molecular complexity index is 1120. The van der Waals surface area contributed by atoms with Gasteiger partial charge in [0.2, 0.25) is 13.2 Å². The van der Waals surface area contributed by atoms with Crippen LogP contribution in [0, 0.1) is 0 Å². The molecule has 1 saturated heterocycles. The summed E-state index contributed by atoms with van der Waals surface area (Å²) in [5.41, 5.74) is 0.251. The number of hydrogen-bond acceptors (Lipinski definition) is 3. The first-order chi connectivity index (χ1) is 14.9. The summed E-state index contributed by atoms with van der Waals surface area (Å²) in [4.78, 5) is 4.91. The van der Waals surface area contributed by atoms with Crippen LogP contribution in [0.15, 0.2) is 96.0 Å². The highest BCUT2D eigenvalue weighted by molar-refractivity contribution is 7.77. The second-order valence-corrected chi connectivity index (χ2v) is 11.7. The third kappa shape index (κ3) is 3.17. The summed E-state index contributed by atoms with van der Waals surface area (Å²) in [6, 6.07) is 29.8. The van der Waals surface area contributed by atoms with Crippen LogP contribution in [0.3, 0.4) is 0 Å². The molecule has 0 aromatic heterocycles. The van der Waals surface area contributed by atoms with Gasteiger partial charge in [-0.2, -0.15) is 0 Å². The first kappa shape index (κ1) is 20.2. The van der Waals surface area contributed by atoms with E-state index in [-0.39, 0.29) is 11.6 Å². The standard InChI is InChI=1S/C26H27N2O2P/c1-25(2)19-30-24(27-25)26(3)23(20-13-7-4-8-14-20)28(26)31(29,21-15-9-5-10-16-21)22-17-11-6-12-18-22/h4-18,23H,19H2,1-3H3/t23-,26-,28?/m0/s1. The molecule has 0 radical (unpaired) electrons. The van der Waals surface area contributed by atoms with E-state index in [1.807, 2.05) is 78.9 Å². The quantitative estimate of drug-likeness (QED) is 0.425. The number of hydrogen-bond donors (Lipinski definition) is 0. The molecule has 31 heavy (non-hydrogen) atoms.